The standard InChI is InChI=1S/C11H13ClN2O2/c12-10-9(5-7(13)6-14-10)11(15)16-8-3-1-2-4-8/h5-6,8H,1-4,13H2. The molecule has 86 valence electrons. The van der Waals surface area contributed by atoms with Crippen LogP contribution in [0.5, 0.6) is 0 Å². The molecule has 1 heterocycles. The van der Waals surface area contributed by atoms with Crippen LogP contribution in [0.4, 0.5) is 5.69 Å². The van der Waals surface area contributed by atoms with Crippen molar-refractivity contribution >= 4 is 23.3 Å². The molecule has 1 aliphatic rings. The second-order valence-electron chi connectivity index (χ2n) is 3.92. The molecule has 1 aromatic rings. The average molecular weight is 241 g/mol. The van der Waals surface area contributed by atoms with Gasteiger partial charge in [-0.2, -0.15) is 0 Å². The minimum Gasteiger partial charge on any atom is -0.459 e. The molecule has 4 nitrogen and oxygen atoms in total. The fraction of sp³-hybridized carbons (Fsp3) is 0.455. The number of carbonyl (C=O) groups is 1. The van der Waals surface area contributed by atoms with E-state index in [-0.39, 0.29) is 16.8 Å². The first-order chi connectivity index (χ1) is 7.66. The van der Waals surface area contributed by atoms with E-state index in [1.165, 1.54) is 12.3 Å². The van der Waals surface area contributed by atoms with Gasteiger partial charge in [-0.1, -0.05) is 11.6 Å². The predicted octanol–water partition coefficient (Wildman–Crippen LogP) is 2.42. The number of rotatable bonds is 2. The summed E-state index contributed by atoms with van der Waals surface area (Å²) in [5.41, 5.74) is 6.19. The first-order valence-corrected chi connectivity index (χ1v) is 5.66. The number of nitrogen functional groups attached to an aromatic ring is 1. The van der Waals surface area contributed by atoms with Crippen molar-refractivity contribution in [1.29, 1.82) is 0 Å². The summed E-state index contributed by atoms with van der Waals surface area (Å²) in [6.07, 6.45) is 5.51. The maximum atomic E-state index is 11.8. The molecule has 1 aliphatic carbocycles. The lowest BCUT2D eigenvalue weighted by molar-refractivity contribution is 0.0317. The third kappa shape index (κ3) is 2.44. The molecule has 0 saturated heterocycles. The van der Waals surface area contributed by atoms with Gasteiger partial charge in [-0.05, 0) is 31.7 Å². The van der Waals surface area contributed by atoms with Crippen molar-refractivity contribution in [2.45, 2.75) is 31.8 Å². The Morgan fingerprint density at radius 2 is 2.19 bits per heavy atom. The number of aromatic nitrogens is 1. The lowest BCUT2D eigenvalue weighted by Crippen LogP contribution is -2.15. The summed E-state index contributed by atoms with van der Waals surface area (Å²) in [6, 6.07) is 1.49. The van der Waals surface area contributed by atoms with Gasteiger partial charge < -0.3 is 10.5 Å². The molecule has 16 heavy (non-hydrogen) atoms. The molecule has 2 rings (SSSR count). The van der Waals surface area contributed by atoms with Gasteiger partial charge >= 0.3 is 5.97 Å². The van der Waals surface area contributed by atoms with Crippen molar-refractivity contribution in [2.75, 3.05) is 5.73 Å². The first-order valence-electron chi connectivity index (χ1n) is 5.29. The van der Waals surface area contributed by atoms with Crippen molar-refractivity contribution in [3.05, 3.63) is 23.0 Å². The zero-order valence-corrected chi connectivity index (χ0v) is 9.54. The normalized spacial score (nSPS) is 16.3. The highest BCUT2D eigenvalue weighted by Crippen LogP contribution is 2.24. The van der Waals surface area contributed by atoms with Crippen molar-refractivity contribution in [2.24, 2.45) is 0 Å². The van der Waals surface area contributed by atoms with Crippen LogP contribution in [0.25, 0.3) is 0 Å². The van der Waals surface area contributed by atoms with Crippen molar-refractivity contribution in [3.8, 4) is 0 Å². The van der Waals surface area contributed by atoms with E-state index in [1.807, 2.05) is 0 Å². The fourth-order valence-corrected chi connectivity index (χ4v) is 2.01. The topological polar surface area (TPSA) is 65.2 Å². The van der Waals surface area contributed by atoms with E-state index >= 15 is 0 Å². The Labute approximate surface area is 98.8 Å². The third-order valence-corrected chi connectivity index (χ3v) is 2.96. The fourth-order valence-electron chi connectivity index (χ4n) is 1.83. The van der Waals surface area contributed by atoms with Crippen LogP contribution in [0, 0.1) is 0 Å². The minimum absolute atomic E-state index is 0.0185. The number of esters is 1. The summed E-state index contributed by atoms with van der Waals surface area (Å²) in [7, 11) is 0. The second-order valence-corrected chi connectivity index (χ2v) is 4.28. The van der Waals surface area contributed by atoms with E-state index in [1.54, 1.807) is 0 Å². The summed E-state index contributed by atoms with van der Waals surface area (Å²) < 4.78 is 5.31. The van der Waals surface area contributed by atoms with Gasteiger partial charge in [-0.15, -0.1) is 0 Å². The molecule has 0 spiro atoms. The quantitative estimate of drug-likeness (QED) is 0.637. The highest BCUT2D eigenvalue weighted by molar-refractivity contribution is 6.32. The van der Waals surface area contributed by atoms with E-state index in [2.05, 4.69) is 4.98 Å². The number of halogens is 1. The molecule has 0 aliphatic heterocycles. The Hall–Kier alpha value is -1.29. The molecule has 0 unspecified atom stereocenters. The predicted molar refractivity (Wildman–Crippen MR) is 61.3 cm³/mol. The summed E-state index contributed by atoms with van der Waals surface area (Å²) in [4.78, 5) is 15.6. The minimum atomic E-state index is -0.434. The molecular formula is C11H13ClN2O2. The Balaban J connectivity index is 2.10. The number of hydrogen-bond acceptors (Lipinski definition) is 4. The van der Waals surface area contributed by atoms with E-state index in [0.29, 0.717) is 5.69 Å². The second kappa shape index (κ2) is 4.70. The lowest BCUT2D eigenvalue weighted by atomic mass is 10.2. The lowest BCUT2D eigenvalue weighted by Gasteiger charge is -2.11. The highest BCUT2D eigenvalue weighted by atomic mass is 35.5. The molecule has 0 bridgehead atoms. The molecule has 0 atom stereocenters. The third-order valence-electron chi connectivity index (χ3n) is 2.66. The smallest absolute Gasteiger partial charge is 0.341 e. The van der Waals surface area contributed by atoms with Crippen LogP contribution in [-0.2, 0) is 4.74 Å². The van der Waals surface area contributed by atoms with Gasteiger partial charge in [0.05, 0.1) is 17.4 Å². The molecule has 2 N–H and O–H groups in total. The highest BCUT2D eigenvalue weighted by Gasteiger charge is 2.22. The maximum absolute atomic E-state index is 11.8. The number of ether oxygens (including phenoxy) is 1. The van der Waals surface area contributed by atoms with Gasteiger partial charge in [0.25, 0.3) is 0 Å². The number of anilines is 1. The summed E-state index contributed by atoms with van der Waals surface area (Å²) in [6.45, 7) is 0. The zero-order valence-electron chi connectivity index (χ0n) is 8.78. The van der Waals surface area contributed by atoms with Crippen LogP contribution in [0.15, 0.2) is 12.3 Å². The molecule has 0 amide bonds. The van der Waals surface area contributed by atoms with E-state index in [9.17, 15) is 4.79 Å². The molecule has 1 saturated carbocycles. The Morgan fingerprint density at radius 3 is 2.88 bits per heavy atom. The van der Waals surface area contributed by atoms with E-state index in [4.69, 9.17) is 22.1 Å². The Bertz CT molecular complexity index is 403. The van der Waals surface area contributed by atoms with Gasteiger partial charge in [-0.3, -0.25) is 0 Å². The number of nitrogens with two attached hydrogens (primary N) is 1. The SMILES string of the molecule is Nc1cnc(Cl)c(C(=O)OC2CCCC2)c1. The van der Waals surface area contributed by atoms with Crippen LogP contribution in [-0.4, -0.2) is 17.1 Å². The van der Waals surface area contributed by atoms with Gasteiger partial charge in [0.15, 0.2) is 0 Å². The monoisotopic (exact) mass is 240 g/mol. The number of carbonyl (C=O) groups excluding carboxylic acids is 1. The molecule has 0 aromatic carbocycles. The van der Waals surface area contributed by atoms with Crippen LogP contribution >= 0.6 is 11.6 Å². The number of hydrogen-bond donors (Lipinski definition) is 1. The molecule has 0 radical (unpaired) electrons. The van der Waals surface area contributed by atoms with Crippen molar-refractivity contribution < 1.29 is 9.53 Å². The maximum Gasteiger partial charge on any atom is 0.341 e. The van der Waals surface area contributed by atoms with Crippen molar-refractivity contribution in [1.82, 2.24) is 4.98 Å². The van der Waals surface area contributed by atoms with E-state index < -0.39 is 5.97 Å². The first kappa shape index (κ1) is 11.2. The van der Waals surface area contributed by atoms with Crippen LogP contribution in [0.3, 0.4) is 0 Å². The van der Waals surface area contributed by atoms with Crippen LogP contribution in [0.1, 0.15) is 36.0 Å². The number of nitrogens with zero attached hydrogens (tertiary/aromatic N) is 1. The largest absolute Gasteiger partial charge is 0.459 e. The van der Waals surface area contributed by atoms with Crippen molar-refractivity contribution in [3.63, 3.8) is 0 Å². The van der Waals surface area contributed by atoms with Gasteiger partial charge in [-0.25, -0.2) is 9.78 Å². The average Bonchev–Trinajstić information content (AvgIpc) is 2.74. The molecule has 1 aromatic heterocycles. The molecule has 5 heteroatoms. The van der Waals surface area contributed by atoms with Gasteiger partial charge in [0.1, 0.15) is 11.3 Å². The molecule has 1 fully saturated rings. The summed E-state index contributed by atoms with van der Waals surface area (Å²) >= 11 is 5.81. The van der Waals surface area contributed by atoms with Crippen LogP contribution < -0.4 is 5.73 Å². The Morgan fingerprint density at radius 1 is 1.50 bits per heavy atom. The van der Waals surface area contributed by atoms with Crippen LogP contribution in [0.2, 0.25) is 5.15 Å². The molecular weight excluding hydrogens is 228 g/mol. The summed E-state index contributed by atoms with van der Waals surface area (Å²) in [5, 5.41) is 0.136. The number of pyridine rings is 1. The summed E-state index contributed by atoms with van der Waals surface area (Å²) in [5.74, 6) is -0.434. The van der Waals surface area contributed by atoms with Gasteiger partial charge in [0.2, 0.25) is 0 Å². The van der Waals surface area contributed by atoms with E-state index in [0.717, 1.165) is 25.7 Å². The Kier molecular flexibility index (Phi) is 3.29. The van der Waals surface area contributed by atoms with Gasteiger partial charge in [0, 0.05) is 0 Å². The zero-order chi connectivity index (χ0) is 11.5.